The van der Waals surface area contributed by atoms with Gasteiger partial charge in [0.2, 0.25) is 5.91 Å². The van der Waals surface area contributed by atoms with Gasteiger partial charge in [-0.05, 0) is 64.2 Å². The van der Waals surface area contributed by atoms with Gasteiger partial charge < -0.3 is 15.0 Å². The minimum absolute atomic E-state index is 0.0194. The summed E-state index contributed by atoms with van der Waals surface area (Å²) in [6.07, 6.45) is 13.0. The second-order valence-electron chi connectivity index (χ2n) is 10.2. The number of unbranched alkanes of at least 4 members (excludes halogenated alkanes) is 7. The molecule has 2 rings (SSSR count). The first-order valence-electron chi connectivity index (χ1n) is 12.7. The van der Waals surface area contributed by atoms with Crippen molar-refractivity contribution >= 4 is 17.7 Å². The number of anilines is 1. The molecule has 5 nitrogen and oxygen atoms in total. The maximum atomic E-state index is 12.8. The number of amides is 2. The molecular formula is C27H44N2O3. The van der Waals surface area contributed by atoms with Crippen LogP contribution in [0.15, 0.2) is 24.3 Å². The number of nitrogens with one attached hydrogen (secondary N) is 1. The molecule has 1 aromatic carbocycles. The molecule has 0 bridgehead atoms. The molecule has 180 valence electrons. The van der Waals surface area contributed by atoms with Gasteiger partial charge in [0.15, 0.2) is 0 Å². The zero-order chi connectivity index (χ0) is 23.4. The topological polar surface area (TPSA) is 58.6 Å². The number of ether oxygens (including phenoxy) is 1. The average Bonchev–Trinajstić information content (AvgIpc) is 2.75. The van der Waals surface area contributed by atoms with Crippen molar-refractivity contribution in [3.05, 3.63) is 29.8 Å². The Labute approximate surface area is 195 Å². The Morgan fingerprint density at radius 3 is 2.25 bits per heavy atom. The van der Waals surface area contributed by atoms with Crippen LogP contribution in [0.4, 0.5) is 10.5 Å². The largest absolute Gasteiger partial charge is 0.444 e. The lowest BCUT2D eigenvalue weighted by Gasteiger charge is -2.33. The van der Waals surface area contributed by atoms with E-state index in [1.807, 2.05) is 32.9 Å². The minimum atomic E-state index is -0.525. The van der Waals surface area contributed by atoms with Gasteiger partial charge in [-0.3, -0.25) is 4.79 Å². The molecule has 1 heterocycles. The van der Waals surface area contributed by atoms with E-state index in [0.717, 1.165) is 24.9 Å². The number of benzene rings is 1. The van der Waals surface area contributed by atoms with E-state index in [0.29, 0.717) is 13.1 Å². The standard InChI is InChI=1S/C27H44N2O3/c1-5-6-7-8-9-10-11-12-14-22-16-18-24(19-17-22)28-25(30)23-15-13-20-29(21-23)26(31)32-27(2,3)4/h16-19,23H,5-15,20-21H2,1-4H3,(H,28,30)/t23-/m1/s1. The molecule has 2 amide bonds. The van der Waals surface area contributed by atoms with Crippen LogP contribution in [0, 0.1) is 5.92 Å². The van der Waals surface area contributed by atoms with Gasteiger partial charge in [0, 0.05) is 18.8 Å². The fourth-order valence-electron chi connectivity index (χ4n) is 4.15. The first kappa shape index (κ1) is 26.2. The molecule has 5 heteroatoms. The van der Waals surface area contributed by atoms with Crippen LogP contribution < -0.4 is 5.32 Å². The van der Waals surface area contributed by atoms with E-state index < -0.39 is 5.60 Å². The third-order valence-electron chi connectivity index (χ3n) is 5.98. The third kappa shape index (κ3) is 10.1. The van der Waals surface area contributed by atoms with Crippen molar-refractivity contribution in [2.24, 2.45) is 5.92 Å². The normalized spacial score (nSPS) is 16.6. The lowest BCUT2D eigenvalue weighted by Crippen LogP contribution is -2.45. The van der Waals surface area contributed by atoms with Crippen LogP contribution in [0.1, 0.15) is 97.5 Å². The Kier molecular flexibility index (Phi) is 11.1. The van der Waals surface area contributed by atoms with Crippen molar-refractivity contribution in [2.45, 2.75) is 104 Å². The van der Waals surface area contributed by atoms with Gasteiger partial charge in [0.05, 0.1) is 5.92 Å². The van der Waals surface area contributed by atoms with Crippen LogP contribution in [-0.4, -0.2) is 35.6 Å². The van der Waals surface area contributed by atoms with E-state index >= 15 is 0 Å². The van der Waals surface area contributed by atoms with E-state index in [2.05, 4.69) is 24.4 Å². The molecule has 32 heavy (non-hydrogen) atoms. The highest BCUT2D eigenvalue weighted by Gasteiger charge is 2.31. The smallest absolute Gasteiger partial charge is 0.410 e. The lowest BCUT2D eigenvalue weighted by molar-refractivity contribution is -0.121. The van der Waals surface area contributed by atoms with Crippen LogP contribution in [0.3, 0.4) is 0 Å². The van der Waals surface area contributed by atoms with Crippen molar-refractivity contribution in [1.29, 1.82) is 0 Å². The molecule has 1 aliphatic heterocycles. The van der Waals surface area contributed by atoms with E-state index in [-0.39, 0.29) is 17.9 Å². The summed E-state index contributed by atoms with van der Waals surface area (Å²) < 4.78 is 5.46. The van der Waals surface area contributed by atoms with Crippen molar-refractivity contribution < 1.29 is 14.3 Å². The number of piperidine rings is 1. The van der Waals surface area contributed by atoms with Gasteiger partial charge in [0.25, 0.3) is 0 Å². The summed E-state index contributed by atoms with van der Waals surface area (Å²) in [5.41, 5.74) is 1.62. The summed E-state index contributed by atoms with van der Waals surface area (Å²) in [5.74, 6) is -0.220. The van der Waals surface area contributed by atoms with E-state index in [1.54, 1.807) is 4.90 Å². The molecule has 1 aromatic rings. The first-order valence-corrected chi connectivity index (χ1v) is 12.7. The van der Waals surface area contributed by atoms with Crippen LogP contribution >= 0.6 is 0 Å². The van der Waals surface area contributed by atoms with Crippen LogP contribution in [0.25, 0.3) is 0 Å². The fourth-order valence-corrected chi connectivity index (χ4v) is 4.15. The molecule has 1 saturated heterocycles. The van der Waals surface area contributed by atoms with E-state index in [1.165, 1.54) is 56.9 Å². The zero-order valence-corrected chi connectivity index (χ0v) is 20.8. The molecule has 1 atom stereocenters. The van der Waals surface area contributed by atoms with Gasteiger partial charge in [-0.1, -0.05) is 64.0 Å². The molecule has 1 fully saturated rings. The average molecular weight is 445 g/mol. The minimum Gasteiger partial charge on any atom is -0.444 e. The molecule has 0 unspecified atom stereocenters. The molecule has 0 saturated carbocycles. The van der Waals surface area contributed by atoms with E-state index in [9.17, 15) is 9.59 Å². The second-order valence-corrected chi connectivity index (χ2v) is 10.2. The highest BCUT2D eigenvalue weighted by molar-refractivity contribution is 5.93. The van der Waals surface area contributed by atoms with Crippen LogP contribution in [0.2, 0.25) is 0 Å². The summed E-state index contributed by atoms with van der Waals surface area (Å²) in [7, 11) is 0. The fraction of sp³-hybridized carbons (Fsp3) is 0.704. The number of hydrogen-bond acceptors (Lipinski definition) is 3. The molecular weight excluding hydrogens is 400 g/mol. The maximum absolute atomic E-state index is 12.8. The van der Waals surface area contributed by atoms with Crippen molar-refractivity contribution in [3.63, 3.8) is 0 Å². The Bertz CT molecular complexity index is 694. The van der Waals surface area contributed by atoms with Crippen molar-refractivity contribution in [1.82, 2.24) is 4.90 Å². The number of likely N-dealkylation sites (tertiary alicyclic amines) is 1. The Morgan fingerprint density at radius 2 is 1.62 bits per heavy atom. The van der Waals surface area contributed by atoms with Crippen LogP contribution in [-0.2, 0) is 16.0 Å². The Morgan fingerprint density at radius 1 is 1.00 bits per heavy atom. The number of carbonyl (C=O) groups excluding carboxylic acids is 2. The molecule has 0 spiro atoms. The highest BCUT2D eigenvalue weighted by atomic mass is 16.6. The summed E-state index contributed by atoms with van der Waals surface area (Å²) >= 11 is 0. The quantitative estimate of drug-likeness (QED) is 0.375. The lowest BCUT2D eigenvalue weighted by atomic mass is 9.97. The molecule has 0 aromatic heterocycles. The SMILES string of the molecule is CCCCCCCCCCc1ccc(NC(=O)[C@@H]2CCCN(C(=O)OC(C)(C)C)C2)cc1. The number of hydrogen-bond donors (Lipinski definition) is 1. The Hall–Kier alpha value is -2.04. The number of aryl methyl sites for hydroxylation is 1. The number of carbonyl (C=O) groups is 2. The van der Waals surface area contributed by atoms with Crippen molar-refractivity contribution in [3.8, 4) is 0 Å². The van der Waals surface area contributed by atoms with Gasteiger partial charge in [0.1, 0.15) is 5.60 Å². The number of nitrogens with zero attached hydrogens (tertiary/aromatic N) is 1. The monoisotopic (exact) mass is 444 g/mol. The molecule has 1 aliphatic rings. The second kappa shape index (κ2) is 13.5. The molecule has 1 N–H and O–H groups in total. The summed E-state index contributed by atoms with van der Waals surface area (Å²) in [6, 6.07) is 8.22. The maximum Gasteiger partial charge on any atom is 0.410 e. The highest BCUT2D eigenvalue weighted by Crippen LogP contribution is 2.21. The van der Waals surface area contributed by atoms with E-state index in [4.69, 9.17) is 4.74 Å². The summed E-state index contributed by atoms with van der Waals surface area (Å²) in [5, 5.41) is 3.03. The van der Waals surface area contributed by atoms with Gasteiger partial charge in [-0.15, -0.1) is 0 Å². The van der Waals surface area contributed by atoms with Gasteiger partial charge >= 0.3 is 6.09 Å². The summed E-state index contributed by atoms with van der Waals surface area (Å²) in [4.78, 5) is 26.7. The third-order valence-corrected chi connectivity index (χ3v) is 5.98. The van der Waals surface area contributed by atoms with Gasteiger partial charge in [-0.25, -0.2) is 4.79 Å². The Balaban J connectivity index is 1.71. The van der Waals surface area contributed by atoms with Crippen LogP contribution in [0.5, 0.6) is 0 Å². The van der Waals surface area contributed by atoms with Crippen molar-refractivity contribution in [2.75, 3.05) is 18.4 Å². The summed E-state index contributed by atoms with van der Waals surface area (Å²) in [6.45, 7) is 8.89. The predicted molar refractivity (Wildman–Crippen MR) is 132 cm³/mol. The molecule has 0 aliphatic carbocycles. The zero-order valence-electron chi connectivity index (χ0n) is 20.8. The predicted octanol–water partition coefficient (Wildman–Crippen LogP) is 6.96. The first-order chi connectivity index (χ1) is 15.3. The van der Waals surface area contributed by atoms with Gasteiger partial charge in [-0.2, -0.15) is 0 Å². The number of rotatable bonds is 11. The molecule has 0 radical (unpaired) electrons.